The van der Waals surface area contributed by atoms with E-state index in [4.69, 9.17) is 0 Å². The summed E-state index contributed by atoms with van der Waals surface area (Å²) < 4.78 is 13.6. The smallest absolute Gasteiger partial charge is 0.198 e. The summed E-state index contributed by atoms with van der Waals surface area (Å²) in [6, 6.07) is 12.6. The largest absolute Gasteiger partial charge is 0.494 e. The number of rotatable bonds is 3. The summed E-state index contributed by atoms with van der Waals surface area (Å²) in [7, 11) is 0. The van der Waals surface area contributed by atoms with Crippen molar-refractivity contribution in [3.05, 3.63) is 65.5 Å². The number of halogens is 1. The molecule has 2 N–H and O–H groups in total. The molecule has 29 heavy (non-hydrogen) atoms. The van der Waals surface area contributed by atoms with Gasteiger partial charge in [0.15, 0.2) is 5.88 Å². The van der Waals surface area contributed by atoms with Crippen LogP contribution in [0.4, 0.5) is 15.8 Å². The molecule has 2 aromatic carbocycles. The molecule has 1 atom stereocenters. The predicted octanol–water partition coefficient (Wildman–Crippen LogP) is 5.70. The number of H-pyrrole nitrogens is 1. The lowest BCUT2D eigenvalue weighted by Gasteiger charge is -2.37. The number of benzene rings is 2. The Morgan fingerprint density at radius 3 is 2.86 bits per heavy atom. The van der Waals surface area contributed by atoms with E-state index in [0.717, 1.165) is 24.7 Å². The molecule has 0 amide bonds. The van der Waals surface area contributed by atoms with Crippen molar-refractivity contribution in [2.45, 2.75) is 25.7 Å². The Kier molecular flexibility index (Phi) is 4.58. The molecule has 0 spiro atoms. The van der Waals surface area contributed by atoms with Crippen LogP contribution in [0.5, 0.6) is 5.88 Å². The van der Waals surface area contributed by atoms with Gasteiger partial charge in [-0.05, 0) is 74.1 Å². The van der Waals surface area contributed by atoms with E-state index in [1.807, 2.05) is 12.1 Å². The molecular formula is C24H24FN3O. The predicted molar refractivity (Wildman–Crippen MR) is 116 cm³/mol. The highest BCUT2D eigenvalue weighted by Crippen LogP contribution is 2.34. The van der Waals surface area contributed by atoms with Gasteiger partial charge in [-0.1, -0.05) is 11.6 Å². The number of hydrogen-bond acceptors (Lipinski definition) is 3. The number of allylic oxidation sites excluding steroid dienone is 1. The van der Waals surface area contributed by atoms with E-state index < -0.39 is 0 Å². The Balaban J connectivity index is 1.34. The van der Waals surface area contributed by atoms with E-state index >= 15 is 0 Å². The zero-order valence-corrected chi connectivity index (χ0v) is 16.2. The summed E-state index contributed by atoms with van der Waals surface area (Å²) in [5.41, 5.74) is 4.79. The Morgan fingerprint density at radius 1 is 1.14 bits per heavy atom. The third-order valence-corrected chi connectivity index (χ3v) is 6.15. The van der Waals surface area contributed by atoms with Crippen LogP contribution in [0, 0.1) is 11.7 Å². The van der Waals surface area contributed by atoms with Crippen LogP contribution in [0.1, 0.15) is 31.2 Å². The van der Waals surface area contributed by atoms with Gasteiger partial charge in [0.25, 0.3) is 0 Å². The first-order chi connectivity index (χ1) is 14.2. The number of aromatic hydroxyl groups is 1. The van der Waals surface area contributed by atoms with Gasteiger partial charge in [-0.3, -0.25) is 4.99 Å². The molecule has 0 radical (unpaired) electrons. The molecule has 1 aliphatic heterocycles. The van der Waals surface area contributed by atoms with Crippen molar-refractivity contribution in [3.8, 4) is 5.88 Å². The fourth-order valence-electron chi connectivity index (χ4n) is 4.55. The number of nitrogens with one attached hydrogen (secondary N) is 1. The third kappa shape index (κ3) is 3.53. The normalized spacial score (nSPS) is 19.6. The highest BCUT2D eigenvalue weighted by Gasteiger charge is 2.25. The molecule has 1 saturated heterocycles. The van der Waals surface area contributed by atoms with Gasteiger partial charge < -0.3 is 15.0 Å². The lowest BCUT2D eigenvalue weighted by molar-refractivity contribution is 0.438. The van der Waals surface area contributed by atoms with Crippen molar-refractivity contribution in [1.82, 2.24) is 4.98 Å². The minimum Gasteiger partial charge on any atom is -0.494 e. The highest BCUT2D eigenvalue weighted by atomic mass is 19.1. The first-order valence-electron chi connectivity index (χ1n) is 10.3. The first kappa shape index (κ1) is 18.0. The van der Waals surface area contributed by atoms with Gasteiger partial charge in [0.2, 0.25) is 0 Å². The van der Waals surface area contributed by atoms with Crippen LogP contribution < -0.4 is 4.90 Å². The van der Waals surface area contributed by atoms with Crippen LogP contribution >= 0.6 is 0 Å². The average molecular weight is 389 g/mol. The fourth-order valence-corrected chi connectivity index (χ4v) is 4.55. The number of fused-ring (bicyclic) bond motifs is 2. The van der Waals surface area contributed by atoms with E-state index in [1.54, 1.807) is 17.9 Å². The zero-order valence-electron chi connectivity index (χ0n) is 16.2. The standard InChI is InChI=1S/C24H24FN3O/c25-18-5-10-23-21(13-18)22(24(29)27-23)14-26-19-6-8-20(9-7-19)28-12-11-16-3-1-2-4-17(16)15-28/h4-10,13-14,16,27,29H,1-3,11-12,15H2. The van der Waals surface area contributed by atoms with Gasteiger partial charge in [0.1, 0.15) is 5.82 Å². The summed E-state index contributed by atoms with van der Waals surface area (Å²) >= 11 is 0. The summed E-state index contributed by atoms with van der Waals surface area (Å²) in [5, 5.41) is 10.7. The molecule has 3 aromatic rings. The molecule has 2 heterocycles. The van der Waals surface area contributed by atoms with Gasteiger partial charge in [0.05, 0.1) is 11.3 Å². The van der Waals surface area contributed by atoms with Crippen molar-refractivity contribution in [1.29, 1.82) is 0 Å². The number of hydrogen-bond donors (Lipinski definition) is 2. The molecule has 0 saturated carbocycles. The summed E-state index contributed by atoms with van der Waals surface area (Å²) in [6.45, 7) is 2.13. The Morgan fingerprint density at radius 2 is 2.00 bits per heavy atom. The summed E-state index contributed by atoms with van der Waals surface area (Å²) in [4.78, 5) is 9.77. The second-order valence-electron chi connectivity index (χ2n) is 7.97. The second kappa shape index (κ2) is 7.39. The van der Waals surface area contributed by atoms with Crippen LogP contribution in [0.15, 0.2) is 59.1 Å². The highest BCUT2D eigenvalue weighted by molar-refractivity contribution is 6.02. The minimum atomic E-state index is -0.340. The Labute approximate surface area is 169 Å². The maximum atomic E-state index is 13.6. The van der Waals surface area contributed by atoms with E-state index in [-0.39, 0.29) is 11.7 Å². The number of aromatic amines is 1. The molecule has 5 heteroatoms. The lowest BCUT2D eigenvalue weighted by atomic mass is 9.82. The molecule has 1 aromatic heterocycles. The number of aliphatic imine (C=N–C) groups is 1. The number of aromatic nitrogens is 1. The summed E-state index contributed by atoms with van der Waals surface area (Å²) in [6.07, 6.45) is 9.16. The lowest BCUT2D eigenvalue weighted by Crippen LogP contribution is -2.36. The van der Waals surface area contributed by atoms with Crippen molar-refractivity contribution in [3.63, 3.8) is 0 Å². The van der Waals surface area contributed by atoms with Crippen molar-refractivity contribution >= 4 is 28.5 Å². The molecular weight excluding hydrogens is 365 g/mol. The first-order valence-corrected chi connectivity index (χ1v) is 10.3. The zero-order chi connectivity index (χ0) is 19.8. The van der Waals surface area contributed by atoms with Crippen molar-refractivity contribution < 1.29 is 9.50 Å². The van der Waals surface area contributed by atoms with Crippen molar-refractivity contribution in [2.75, 3.05) is 18.0 Å². The van der Waals surface area contributed by atoms with Gasteiger partial charge in [-0.25, -0.2) is 4.39 Å². The van der Waals surface area contributed by atoms with Crippen LogP contribution in [0.3, 0.4) is 0 Å². The molecule has 1 unspecified atom stereocenters. The Bertz CT molecular complexity index is 1100. The van der Waals surface area contributed by atoms with E-state index in [1.165, 1.54) is 43.5 Å². The molecule has 0 bridgehead atoms. The van der Waals surface area contributed by atoms with E-state index in [0.29, 0.717) is 16.5 Å². The quantitative estimate of drug-likeness (QED) is 0.446. The monoisotopic (exact) mass is 389 g/mol. The topological polar surface area (TPSA) is 51.6 Å². The number of piperidine rings is 1. The molecule has 4 nitrogen and oxygen atoms in total. The fraction of sp³-hybridized carbons (Fsp3) is 0.292. The van der Waals surface area contributed by atoms with E-state index in [9.17, 15) is 9.50 Å². The molecule has 5 rings (SSSR count). The molecule has 148 valence electrons. The number of anilines is 1. The Hall–Kier alpha value is -3.08. The second-order valence-corrected chi connectivity index (χ2v) is 7.97. The SMILES string of the molecule is Oc1[nH]c2ccc(F)cc2c1C=Nc1ccc(N2CCC3CCCC=C3C2)cc1. The van der Waals surface area contributed by atoms with E-state index in [2.05, 4.69) is 33.1 Å². The van der Waals surface area contributed by atoms with Gasteiger partial charge in [0, 0.05) is 35.9 Å². The molecule has 2 aliphatic rings. The number of nitrogens with zero attached hydrogens (tertiary/aromatic N) is 2. The third-order valence-electron chi connectivity index (χ3n) is 6.15. The van der Waals surface area contributed by atoms with Crippen LogP contribution in [-0.2, 0) is 0 Å². The molecule has 1 aliphatic carbocycles. The molecule has 1 fully saturated rings. The maximum absolute atomic E-state index is 13.6. The maximum Gasteiger partial charge on any atom is 0.198 e. The van der Waals surface area contributed by atoms with Gasteiger partial charge in [-0.15, -0.1) is 0 Å². The van der Waals surface area contributed by atoms with Gasteiger partial charge in [-0.2, -0.15) is 0 Å². The minimum absolute atomic E-state index is 0.00500. The summed E-state index contributed by atoms with van der Waals surface area (Å²) in [5.74, 6) is 0.444. The van der Waals surface area contributed by atoms with Crippen molar-refractivity contribution in [2.24, 2.45) is 10.9 Å². The van der Waals surface area contributed by atoms with Crippen LogP contribution in [0.25, 0.3) is 10.9 Å². The van der Waals surface area contributed by atoms with Crippen LogP contribution in [0.2, 0.25) is 0 Å². The average Bonchev–Trinajstić information content (AvgIpc) is 3.06. The van der Waals surface area contributed by atoms with Gasteiger partial charge >= 0.3 is 0 Å². The van der Waals surface area contributed by atoms with Crippen LogP contribution in [-0.4, -0.2) is 29.4 Å².